The summed E-state index contributed by atoms with van der Waals surface area (Å²) in [5.74, 6) is 0. The van der Waals surface area contributed by atoms with Gasteiger partial charge in [-0.3, -0.25) is 0 Å². The van der Waals surface area contributed by atoms with Gasteiger partial charge >= 0.3 is 6.16 Å². The molecule has 0 unspecified atom stereocenters. The van der Waals surface area contributed by atoms with Crippen molar-refractivity contribution in [2.75, 3.05) is 19.8 Å². The molecule has 0 aromatic heterocycles. The van der Waals surface area contributed by atoms with E-state index in [1.54, 1.807) is 6.92 Å². The molecular weight excluding hydrogens is 158 g/mol. The molecule has 0 atom stereocenters. The molecule has 4 nitrogen and oxygen atoms in total. The van der Waals surface area contributed by atoms with E-state index in [4.69, 9.17) is 5.73 Å². The van der Waals surface area contributed by atoms with Crippen molar-refractivity contribution in [3.05, 3.63) is 0 Å². The van der Waals surface area contributed by atoms with Crippen LogP contribution in [0.1, 0.15) is 6.92 Å². The zero-order valence-corrected chi connectivity index (χ0v) is 6.65. The van der Waals surface area contributed by atoms with Crippen molar-refractivity contribution < 1.29 is 14.3 Å². The summed E-state index contributed by atoms with van der Waals surface area (Å²) in [6.45, 7) is 2.60. The highest BCUT2D eigenvalue weighted by atomic mass is 35.5. The number of rotatable bonds is 3. The SMILES string of the molecule is CCOC(=O)OCCN.Cl. The molecule has 0 aliphatic heterocycles. The Kier molecular flexibility index (Phi) is 10.4. The summed E-state index contributed by atoms with van der Waals surface area (Å²) < 4.78 is 8.87. The zero-order chi connectivity index (χ0) is 7.11. The maximum Gasteiger partial charge on any atom is 0.508 e. The molecule has 2 N–H and O–H groups in total. The Hall–Kier alpha value is -0.480. The predicted octanol–water partition coefficient (Wildman–Crippen LogP) is 0.540. The lowest BCUT2D eigenvalue weighted by Gasteiger charge is -2.00. The summed E-state index contributed by atoms with van der Waals surface area (Å²) in [7, 11) is 0. The number of hydrogen-bond acceptors (Lipinski definition) is 4. The van der Waals surface area contributed by atoms with Gasteiger partial charge in [0.15, 0.2) is 0 Å². The summed E-state index contributed by atoms with van der Waals surface area (Å²) in [6, 6.07) is 0. The van der Waals surface area contributed by atoms with E-state index in [0.717, 1.165) is 0 Å². The van der Waals surface area contributed by atoms with E-state index < -0.39 is 6.16 Å². The fraction of sp³-hybridized carbons (Fsp3) is 0.800. The topological polar surface area (TPSA) is 61.5 Å². The Morgan fingerprint density at radius 1 is 1.50 bits per heavy atom. The Balaban J connectivity index is 0. The molecule has 0 aliphatic carbocycles. The average molecular weight is 170 g/mol. The van der Waals surface area contributed by atoms with E-state index in [1.165, 1.54) is 0 Å². The van der Waals surface area contributed by atoms with Gasteiger partial charge in [-0.2, -0.15) is 0 Å². The lowest BCUT2D eigenvalue weighted by Crippen LogP contribution is -2.14. The van der Waals surface area contributed by atoms with E-state index in [9.17, 15) is 4.79 Å². The number of hydrogen-bond donors (Lipinski definition) is 1. The molecule has 0 aliphatic rings. The Labute approximate surface area is 66.1 Å². The molecule has 0 heterocycles. The third-order valence-electron chi connectivity index (χ3n) is 0.600. The molecule has 0 saturated heterocycles. The van der Waals surface area contributed by atoms with Crippen LogP contribution in [0.4, 0.5) is 4.79 Å². The second-order valence-corrected chi connectivity index (χ2v) is 1.32. The molecule has 62 valence electrons. The summed E-state index contributed by atoms with van der Waals surface area (Å²) in [5, 5.41) is 0. The van der Waals surface area contributed by atoms with Crippen LogP contribution in [0.15, 0.2) is 0 Å². The van der Waals surface area contributed by atoms with Crippen molar-refractivity contribution in [1.82, 2.24) is 0 Å². The average Bonchev–Trinajstić information content (AvgIpc) is 1.85. The van der Waals surface area contributed by atoms with Gasteiger partial charge in [-0.1, -0.05) is 0 Å². The monoisotopic (exact) mass is 169 g/mol. The second kappa shape index (κ2) is 8.52. The fourth-order valence-electron chi connectivity index (χ4n) is 0.302. The lowest BCUT2D eigenvalue weighted by atomic mass is 10.7. The van der Waals surface area contributed by atoms with Gasteiger partial charge in [-0.15, -0.1) is 12.4 Å². The summed E-state index contributed by atoms with van der Waals surface area (Å²) >= 11 is 0. The highest BCUT2D eigenvalue weighted by Crippen LogP contribution is 1.81. The van der Waals surface area contributed by atoms with Gasteiger partial charge in [0, 0.05) is 6.54 Å². The van der Waals surface area contributed by atoms with Crippen molar-refractivity contribution in [3.8, 4) is 0 Å². The summed E-state index contributed by atoms with van der Waals surface area (Å²) in [4.78, 5) is 10.3. The first-order chi connectivity index (χ1) is 4.31. The number of carbonyl (C=O) groups excluding carboxylic acids is 1. The zero-order valence-electron chi connectivity index (χ0n) is 5.83. The van der Waals surface area contributed by atoms with Crippen molar-refractivity contribution in [2.24, 2.45) is 5.73 Å². The molecule has 0 spiro atoms. The maximum atomic E-state index is 10.3. The van der Waals surface area contributed by atoms with Gasteiger partial charge in [0.05, 0.1) is 6.61 Å². The van der Waals surface area contributed by atoms with Crippen LogP contribution >= 0.6 is 12.4 Å². The van der Waals surface area contributed by atoms with E-state index >= 15 is 0 Å². The second-order valence-electron chi connectivity index (χ2n) is 1.32. The molecule has 10 heavy (non-hydrogen) atoms. The van der Waals surface area contributed by atoms with Crippen LogP contribution in [0.5, 0.6) is 0 Å². The van der Waals surface area contributed by atoms with Crippen molar-refractivity contribution in [2.45, 2.75) is 6.92 Å². The van der Waals surface area contributed by atoms with Gasteiger partial charge in [-0.05, 0) is 6.92 Å². The first-order valence-electron chi connectivity index (χ1n) is 2.81. The normalized spacial score (nSPS) is 7.80. The van der Waals surface area contributed by atoms with Crippen LogP contribution in [0.25, 0.3) is 0 Å². The molecule has 0 saturated carbocycles. The predicted molar refractivity (Wildman–Crippen MR) is 39.3 cm³/mol. The van der Waals surface area contributed by atoms with Crippen LogP contribution in [-0.2, 0) is 9.47 Å². The van der Waals surface area contributed by atoms with E-state index in [0.29, 0.717) is 13.2 Å². The van der Waals surface area contributed by atoms with Crippen molar-refractivity contribution in [1.29, 1.82) is 0 Å². The molecule has 0 fully saturated rings. The minimum Gasteiger partial charge on any atom is -0.435 e. The standard InChI is InChI=1S/C5H11NO3.ClH/c1-2-8-5(7)9-4-3-6;/h2-4,6H2,1H3;1H. The minimum atomic E-state index is -0.650. The van der Waals surface area contributed by atoms with Gasteiger partial charge in [0.1, 0.15) is 6.61 Å². The third kappa shape index (κ3) is 7.52. The van der Waals surface area contributed by atoms with Crippen LogP contribution in [0.3, 0.4) is 0 Å². The quantitative estimate of drug-likeness (QED) is 0.627. The van der Waals surface area contributed by atoms with Crippen molar-refractivity contribution >= 4 is 18.6 Å². The first-order valence-corrected chi connectivity index (χ1v) is 2.81. The smallest absolute Gasteiger partial charge is 0.435 e. The highest BCUT2D eigenvalue weighted by Gasteiger charge is 1.97. The summed E-state index contributed by atoms with van der Waals surface area (Å²) in [5.41, 5.74) is 5.04. The third-order valence-corrected chi connectivity index (χ3v) is 0.600. The van der Waals surface area contributed by atoms with Crippen LogP contribution in [0.2, 0.25) is 0 Å². The largest absolute Gasteiger partial charge is 0.508 e. The van der Waals surface area contributed by atoms with Gasteiger partial charge in [-0.25, -0.2) is 4.79 Å². The lowest BCUT2D eigenvalue weighted by molar-refractivity contribution is 0.0613. The molecule has 0 rings (SSSR count). The Bertz CT molecular complexity index is 89.0. The van der Waals surface area contributed by atoms with E-state index in [1.807, 2.05) is 0 Å². The van der Waals surface area contributed by atoms with Crippen LogP contribution < -0.4 is 5.73 Å². The highest BCUT2D eigenvalue weighted by molar-refractivity contribution is 5.85. The van der Waals surface area contributed by atoms with Crippen molar-refractivity contribution in [3.63, 3.8) is 0 Å². The van der Waals surface area contributed by atoms with Crippen LogP contribution in [0, 0.1) is 0 Å². The molecular formula is C5H12ClNO3. The van der Waals surface area contributed by atoms with Gasteiger partial charge in [0.2, 0.25) is 0 Å². The summed E-state index contributed by atoms with van der Waals surface area (Å²) in [6.07, 6.45) is -0.650. The molecule has 0 radical (unpaired) electrons. The number of halogens is 1. The maximum absolute atomic E-state index is 10.3. The minimum absolute atomic E-state index is 0. The number of carbonyl (C=O) groups is 1. The molecule has 0 aromatic rings. The molecule has 5 heteroatoms. The Morgan fingerprint density at radius 2 is 2.10 bits per heavy atom. The van der Waals surface area contributed by atoms with Gasteiger partial charge in [0.25, 0.3) is 0 Å². The molecule has 0 amide bonds. The van der Waals surface area contributed by atoms with E-state index in [-0.39, 0.29) is 19.0 Å². The fourth-order valence-corrected chi connectivity index (χ4v) is 0.302. The number of nitrogens with two attached hydrogens (primary N) is 1. The van der Waals surface area contributed by atoms with E-state index in [2.05, 4.69) is 9.47 Å². The number of ether oxygens (including phenoxy) is 2. The van der Waals surface area contributed by atoms with Crippen LogP contribution in [-0.4, -0.2) is 25.9 Å². The Morgan fingerprint density at radius 3 is 2.50 bits per heavy atom. The van der Waals surface area contributed by atoms with Gasteiger partial charge < -0.3 is 15.2 Å². The molecule has 0 bridgehead atoms. The molecule has 0 aromatic carbocycles. The first kappa shape index (κ1) is 12.2.